The van der Waals surface area contributed by atoms with E-state index in [1.165, 1.54) is 5.56 Å². The van der Waals surface area contributed by atoms with Crippen LogP contribution in [0.25, 0.3) is 0 Å². The van der Waals surface area contributed by atoms with Gasteiger partial charge in [-0.1, -0.05) is 55.5 Å². The lowest BCUT2D eigenvalue weighted by atomic mass is 9.67. The first kappa shape index (κ1) is 15.4. The monoisotopic (exact) mass is 320 g/mol. The van der Waals surface area contributed by atoms with Crippen LogP contribution in [0.15, 0.2) is 54.6 Å². The van der Waals surface area contributed by atoms with Crippen LogP contribution in [0.3, 0.4) is 0 Å². The molecule has 124 valence electrons. The topological polar surface area (TPSA) is 41.1 Å². The summed E-state index contributed by atoms with van der Waals surface area (Å²) in [5, 5.41) is 7.02. The smallest absolute Gasteiger partial charge is 0.252 e. The van der Waals surface area contributed by atoms with Crippen LogP contribution in [-0.4, -0.2) is 18.0 Å². The Hall–Kier alpha value is -2.13. The first-order chi connectivity index (χ1) is 11.7. The number of rotatable bonds is 5. The second kappa shape index (κ2) is 6.06. The predicted molar refractivity (Wildman–Crippen MR) is 95.9 cm³/mol. The Balaban J connectivity index is 1.64. The van der Waals surface area contributed by atoms with Crippen molar-refractivity contribution in [3.63, 3.8) is 0 Å². The van der Waals surface area contributed by atoms with Crippen LogP contribution in [0.2, 0.25) is 0 Å². The molecule has 1 amide bonds. The van der Waals surface area contributed by atoms with Crippen LogP contribution in [0.5, 0.6) is 0 Å². The van der Waals surface area contributed by atoms with Gasteiger partial charge in [-0.15, -0.1) is 0 Å². The summed E-state index contributed by atoms with van der Waals surface area (Å²) in [7, 11) is 0. The minimum atomic E-state index is 0.0230. The molecule has 2 heterocycles. The molecule has 2 aliphatic heterocycles. The highest BCUT2D eigenvalue weighted by molar-refractivity contribution is 5.96. The third kappa shape index (κ3) is 2.53. The van der Waals surface area contributed by atoms with Crippen LogP contribution in [0.4, 0.5) is 0 Å². The minimum absolute atomic E-state index is 0.0230. The fraction of sp³-hybridized carbons (Fsp3) is 0.381. The van der Waals surface area contributed by atoms with E-state index in [0.29, 0.717) is 0 Å². The van der Waals surface area contributed by atoms with Gasteiger partial charge >= 0.3 is 0 Å². The summed E-state index contributed by atoms with van der Waals surface area (Å²) >= 11 is 0. The highest BCUT2D eigenvalue weighted by Gasteiger charge is 2.55. The molecular formula is C21H24N2O. The van der Waals surface area contributed by atoms with E-state index in [0.717, 1.165) is 42.9 Å². The SMILES string of the molecule is CCc1ccccc1C(=O)NC(c1ccccc1)C12CC(CN1)C2. The van der Waals surface area contributed by atoms with Crippen LogP contribution < -0.4 is 10.6 Å². The van der Waals surface area contributed by atoms with Gasteiger partial charge in [0.2, 0.25) is 0 Å². The molecule has 3 heteroatoms. The lowest BCUT2D eigenvalue weighted by molar-refractivity contribution is 0.0862. The number of carbonyl (C=O) groups is 1. The summed E-state index contributed by atoms with van der Waals surface area (Å²) in [4.78, 5) is 13.0. The van der Waals surface area contributed by atoms with E-state index in [1.54, 1.807) is 0 Å². The maximum atomic E-state index is 13.0. The maximum Gasteiger partial charge on any atom is 0.252 e. The fourth-order valence-electron chi connectivity index (χ4n) is 4.39. The molecule has 3 aliphatic rings. The first-order valence-electron chi connectivity index (χ1n) is 8.90. The zero-order valence-electron chi connectivity index (χ0n) is 14.1. The van der Waals surface area contributed by atoms with Gasteiger partial charge < -0.3 is 10.6 Å². The normalized spacial score (nSPS) is 25.8. The third-order valence-electron chi connectivity index (χ3n) is 5.65. The Morgan fingerprint density at radius 1 is 1.17 bits per heavy atom. The quantitative estimate of drug-likeness (QED) is 0.885. The molecule has 2 N–H and O–H groups in total. The number of aryl methyl sites for hydroxylation is 1. The number of benzene rings is 2. The molecule has 0 radical (unpaired) electrons. The Kier molecular flexibility index (Phi) is 3.89. The molecule has 0 spiro atoms. The van der Waals surface area contributed by atoms with Gasteiger partial charge in [-0.3, -0.25) is 4.79 Å². The second-order valence-corrected chi connectivity index (χ2v) is 7.14. The van der Waals surface area contributed by atoms with Crippen molar-refractivity contribution in [3.8, 4) is 0 Å². The summed E-state index contributed by atoms with van der Waals surface area (Å²) in [6, 6.07) is 18.3. The molecule has 2 aromatic rings. The number of hydrogen-bond acceptors (Lipinski definition) is 2. The van der Waals surface area contributed by atoms with Crippen molar-refractivity contribution in [1.29, 1.82) is 0 Å². The molecule has 2 saturated heterocycles. The van der Waals surface area contributed by atoms with Gasteiger partial charge in [-0.2, -0.15) is 0 Å². The van der Waals surface area contributed by atoms with Gasteiger partial charge in [0.15, 0.2) is 0 Å². The molecular weight excluding hydrogens is 296 g/mol. The number of amides is 1. The summed E-state index contributed by atoms with van der Waals surface area (Å²) in [6.07, 6.45) is 3.18. The molecule has 1 saturated carbocycles. The zero-order chi connectivity index (χ0) is 16.6. The van der Waals surface area contributed by atoms with E-state index < -0.39 is 0 Å². The summed E-state index contributed by atoms with van der Waals surface area (Å²) in [5.74, 6) is 0.809. The largest absolute Gasteiger partial charge is 0.343 e. The summed E-state index contributed by atoms with van der Waals surface area (Å²) in [6.45, 7) is 3.17. The molecule has 1 atom stereocenters. The number of fused-ring (bicyclic) bond motifs is 1. The van der Waals surface area contributed by atoms with Crippen LogP contribution in [-0.2, 0) is 6.42 Å². The lowest BCUT2D eigenvalue weighted by Crippen LogP contribution is -2.54. The van der Waals surface area contributed by atoms with Crippen molar-refractivity contribution in [2.75, 3.05) is 6.54 Å². The van der Waals surface area contributed by atoms with Crippen molar-refractivity contribution in [2.45, 2.75) is 37.8 Å². The zero-order valence-corrected chi connectivity index (χ0v) is 14.1. The molecule has 1 aliphatic carbocycles. The number of hydrogen-bond donors (Lipinski definition) is 2. The highest BCUT2D eigenvalue weighted by Crippen LogP contribution is 2.50. The Morgan fingerprint density at radius 2 is 1.88 bits per heavy atom. The van der Waals surface area contributed by atoms with Crippen molar-refractivity contribution in [1.82, 2.24) is 10.6 Å². The van der Waals surface area contributed by atoms with Gasteiger partial charge in [0.05, 0.1) is 6.04 Å². The van der Waals surface area contributed by atoms with Crippen LogP contribution >= 0.6 is 0 Å². The first-order valence-corrected chi connectivity index (χ1v) is 8.90. The predicted octanol–water partition coefficient (Wildman–Crippen LogP) is 3.47. The summed E-state index contributed by atoms with van der Waals surface area (Å²) < 4.78 is 0. The molecule has 3 nitrogen and oxygen atoms in total. The average Bonchev–Trinajstić information content (AvgIpc) is 3.21. The Morgan fingerprint density at radius 3 is 2.54 bits per heavy atom. The van der Waals surface area contributed by atoms with Crippen molar-refractivity contribution >= 4 is 5.91 Å². The van der Waals surface area contributed by atoms with Gasteiger partial charge in [0.1, 0.15) is 0 Å². The molecule has 24 heavy (non-hydrogen) atoms. The molecule has 2 bridgehead atoms. The average molecular weight is 320 g/mol. The van der Waals surface area contributed by atoms with Gasteiger partial charge in [0, 0.05) is 11.1 Å². The van der Waals surface area contributed by atoms with E-state index in [1.807, 2.05) is 30.3 Å². The highest BCUT2D eigenvalue weighted by atomic mass is 16.1. The van der Waals surface area contributed by atoms with Crippen molar-refractivity contribution < 1.29 is 4.79 Å². The van der Waals surface area contributed by atoms with Gasteiger partial charge in [-0.25, -0.2) is 0 Å². The standard InChI is InChI=1S/C21H24N2O/c1-2-16-8-6-7-11-18(16)20(24)23-19(17-9-4-3-5-10-17)21-12-15(13-21)14-22-21/h3-11,15,19,22H,2,12-14H2,1H3,(H,23,24). The minimum Gasteiger partial charge on any atom is -0.343 e. The lowest BCUT2D eigenvalue weighted by Gasteiger charge is -2.44. The van der Waals surface area contributed by atoms with Crippen molar-refractivity contribution in [3.05, 3.63) is 71.3 Å². The van der Waals surface area contributed by atoms with E-state index in [9.17, 15) is 4.79 Å². The molecule has 1 unspecified atom stereocenters. The summed E-state index contributed by atoms with van der Waals surface area (Å²) in [5.41, 5.74) is 3.12. The Labute approximate surface area is 143 Å². The Bertz CT molecular complexity index is 729. The number of carbonyl (C=O) groups excluding carboxylic acids is 1. The van der Waals surface area contributed by atoms with Gasteiger partial charge in [0.25, 0.3) is 5.91 Å². The van der Waals surface area contributed by atoms with Crippen LogP contribution in [0.1, 0.15) is 47.3 Å². The maximum absolute atomic E-state index is 13.0. The van der Waals surface area contributed by atoms with E-state index in [-0.39, 0.29) is 17.5 Å². The second-order valence-electron chi connectivity index (χ2n) is 7.14. The molecule has 5 rings (SSSR count). The number of nitrogens with one attached hydrogen (secondary N) is 2. The van der Waals surface area contributed by atoms with Gasteiger partial charge in [-0.05, 0) is 48.9 Å². The van der Waals surface area contributed by atoms with E-state index >= 15 is 0 Å². The fourth-order valence-corrected chi connectivity index (χ4v) is 4.39. The molecule has 0 aromatic heterocycles. The van der Waals surface area contributed by atoms with Crippen LogP contribution in [0, 0.1) is 5.92 Å². The van der Waals surface area contributed by atoms with Crippen molar-refractivity contribution in [2.24, 2.45) is 5.92 Å². The molecule has 3 fully saturated rings. The van der Waals surface area contributed by atoms with E-state index in [2.05, 4.69) is 41.8 Å². The molecule has 2 aromatic carbocycles. The van der Waals surface area contributed by atoms with E-state index in [4.69, 9.17) is 0 Å². The third-order valence-corrected chi connectivity index (χ3v) is 5.65.